The molecule has 9 heteroatoms. The third kappa shape index (κ3) is 4.36. The molecule has 142 valence electrons. The average Bonchev–Trinajstić information content (AvgIpc) is 3.29. The Kier molecular flexibility index (Phi) is 5.02. The minimum atomic E-state index is -4.47. The van der Waals surface area contributed by atoms with E-state index in [2.05, 4.69) is 10.1 Å². The van der Waals surface area contributed by atoms with E-state index in [-0.39, 0.29) is 35.5 Å². The molecule has 0 radical (unpaired) electrons. The lowest BCUT2D eigenvalue weighted by molar-refractivity contribution is -0.137. The number of rotatable bonds is 5. The van der Waals surface area contributed by atoms with Gasteiger partial charge >= 0.3 is 12.1 Å². The number of hydrogen-bond acceptors (Lipinski definition) is 6. The van der Waals surface area contributed by atoms with E-state index in [9.17, 15) is 18.0 Å². The number of nitrogens with zero attached hydrogens (tertiary/aromatic N) is 2. The molecule has 0 aliphatic heterocycles. The van der Waals surface area contributed by atoms with Crippen LogP contribution in [0.1, 0.15) is 47.6 Å². The number of hydrogen-bond donors (Lipinski definition) is 0. The first kappa shape index (κ1) is 18.7. The minimum Gasteiger partial charge on any atom is -0.450 e. The molecule has 0 saturated heterocycles. The van der Waals surface area contributed by atoms with Crippen molar-refractivity contribution in [1.82, 2.24) is 10.1 Å². The first-order chi connectivity index (χ1) is 12.7. The van der Waals surface area contributed by atoms with E-state index in [0.29, 0.717) is 5.82 Å². The lowest BCUT2D eigenvalue weighted by Crippen LogP contribution is -2.04. The summed E-state index contributed by atoms with van der Waals surface area (Å²) in [5.74, 6) is -0.127. The van der Waals surface area contributed by atoms with Gasteiger partial charge in [0.05, 0.1) is 5.56 Å². The number of alkyl halides is 3. The lowest BCUT2D eigenvalue weighted by Gasteiger charge is -2.07. The lowest BCUT2D eigenvalue weighted by atomic mass is 10.1. The van der Waals surface area contributed by atoms with E-state index in [1.807, 2.05) is 13.8 Å². The van der Waals surface area contributed by atoms with Gasteiger partial charge in [-0.15, -0.1) is 0 Å². The summed E-state index contributed by atoms with van der Waals surface area (Å²) in [6.07, 6.45) is -4.47. The zero-order valence-corrected chi connectivity index (χ0v) is 14.4. The molecule has 0 fully saturated rings. The van der Waals surface area contributed by atoms with Crippen LogP contribution in [0.5, 0.6) is 0 Å². The molecular weight excluding hydrogens is 365 g/mol. The molecule has 2 aromatic heterocycles. The Hall–Kier alpha value is -3.10. The second-order valence-corrected chi connectivity index (χ2v) is 6.02. The van der Waals surface area contributed by atoms with Crippen LogP contribution < -0.4 is 0 Å². The van der Waals surface area contributed by atoms with Crippen LogP contribution >= 0.6 is 0 Å². The van der Waals surface area contributed by atoms with Crippen LogP contribution in [0.15, 0.2) is 45.3 Å². The summed E-state index contributed by atoms with van der Waals surface area (Å²) in [5, 5.41) is 3.75. The summed E-state index contributed by atoms with van der Waals surface area (Å²) in [6, 6.07) is 7.34. The summed E-state index contributed by atoms with van der Waals surface area (Å²) >= 11 is 0. The van der Waals surface area contributed by atoms with Crippen LogP contribution in [0.3, 0.4) is 0 Å². The fourth-order valence-corrected chi connectivity index (χ4v) is 2.21. The quantitative estimate of drug-likeness (QED) is 0.590. The van der Waals surface area contributed by atoms with Crippen molar-refractivity contribution in [3.63, 3.8) is 0 Å². The van der Waals surface area contributed by atoms with Crippen LogP contribution in [-0.4, -0.2) is 16.1 Å². The predicted octanol–water partition coefficient (Wildman–Crippen LogP) is 4.83. The first-order valence-corrected chi connectivity index (χ1v) is 8.01. The van der Waals surface area contributed by atoms with Crippen LogP contribution in [0.4, 0.5) is 13.2 Å². The SMILES string of the molecule is CC(C)c1noc(COC(=O)c2ccc(-c3cccc(C(F)(F)F)c3)o2)n1. The minimum absolute atomic E-state index is 0.0679. The van der Waals surface area contributed by atoms with E-state index < -0.39 is 17.7 Å². The van der Waals surface area contributed by atoms with Gasteiger partial charge in [0.15, 0.2) is 12.4 Å². The van der Waals surface area contributed by atoms with E-state index in [4.69, 9.17) is 13.7 Å². The molecule has 0 amide bonds. The van der Waals surface area contributed by atoms with Gasteiger partial charge in [0.25, 0.3) is 5.89 Å². The van der Waals surface area contributed by atoms with Crippen molar-refractivity contribution < 1.29 is 31.6 Å². The molecule has 0 bridgehead atoms. The number of benzene rings is 1. The number of esters is 1. The Morgan fingerprint density at radius 3 is 2.67 bits per heavy atom. The zero-order chi connectivity index (χ0) is 19.6. The van der Waals surface area contributed by atoms with Gasteiger partial charge < -0.3 is 13.7 Å². The van der Waals surface area contributed by atoms with E-state index in [1.165, 1.54) is 24.3 Å². The molecule has 3 aromatic rings. The fourth-order valence-electron chi connectivity index (χ4n) is 2.21. The van der Waals surface area contributed by atoms with Gasteiger partial charge in [-0.2, -0.15) is 18.2 Å². The maximum absolute atomic E-state index is 12.8. The van der Waals surface area contributed by atoms with Gasteiger partial charge in [0.1, 0.15) is 5.76 Å². The van der Waals surface area contributed by atoms with Crippen molar-refractivity contribution in [3.8, 4) is 11.3 Å². The molecule has 0 N–H and O–H groups in total. The zero-order valence-electron chi connectivity index (χ0n) is 14.4. The largest absolute Gasteiger partial charge is 0.450 e. The summed E-state index contributed by atoms with van der Waals surface area (Å²) in [5.41, 5.74) is -0.611. The van der Waals surface area contributed by atoms with Crippen LogP contribution in [0.2, 0.25) is 0 Å². The third-order valence-electron chi connectivity index (χ3n) is 3.61. The Labute approximate surface area is 151 Å². The molecule has 0 aliphatic carbocycles. The smallest absolute Gasteiger partial charge is 0.416 e. The maximum Gasteiger partial charge on any atom is 0.416 e. The molecule has 0 spiro atoms. The van der Waals surface area contributed by atoms with E-state index in [0.717, 1.165) is 12.1 Å². The van der Waals surface area contributed by atoms with Crippen molar-refractivity contribution in [3.05, 3.63) is 59.4 Å². The molecule has 0 aliphatic rings. The number of carbonyl (C=O) groups is 1. The highest BCUT2D eigenvalue weighted by Gasteiger charge is 2.30. The van der Waals surface area contributed by atoms with Crippen LogP contribution in [0, 0.1) is 0 Å². The normalized spacial score (nSPS) is 11.8. The highest BCUT2D eigenvalue weighted by atomic mass is 19.4. The summed E-state index contributed by atoms with van der Waals surface area (Å²) in [4.78, 5) is 16.1. The van der Waals surface area contributed by atoms with Gasteiger partial charge in [-0.25, -0.2) is 4.79 Å². The topological polar surface area (TPSA) is 78.4 Å². The van der Waals surface area contributed by atoms with Gasteiger partial charge in [-0.1, -0.05) is 31.1 Å². The summed E-state index contributed by atoms with van der Waals surface area (Å²) in [6.45, 7) is 3.54. The van der Waals surface area contributed by atoms with Gasteiger partial charge in [0.2, 0.25) is 5.76 Å². The van der Waals surface area contributed by atoms with E-state index in [1.54, 1.807) is 0 Å². The molecule has 0 atom stereocenters. The molecule has 3 rings (SSSR count). The highest BCUT2D eigenvalue weighted by Crippen LogP contribution is 2.32. The van der Waals surface area contributed by atoms with Crippen molar-refractivity contribution in [2.45, 2.75) is 32.5 Å². The standard InChI is InChI=1S/C18H15F3N2O4/c1-10(2)16-22-15(27-23-16)9-25-17(24)14-7-6-13(26-14)11-4-3-5-12(8-11)18(19,20)21/h3-8,10H,9H2,1-2H3. The number of furan rings is 1. The number of carbonyl (C=O) groups excluding carboxylic acids is 1. The van der Waals surface area contributed by atoms with Gasteiger partial charge in [-0.3, -0.25) is 0 Å². The molecular formula is C18H15F3N2O4. The second-order valence-electron chi connectivity index (χ2n) is 6.02. The first-order valence-electron chi connectivity index (χ1n) is 8.01. The molecule has 2 heterocycles. The molecule has 6 nitrogen and oxygen atoms in total. The average molecular weight is 380 g/mol. The summed E-state index contributed by atoms with van der Waals surface area (Å²) in [7, 11) is 0. The molecule has 0 unspecified atom stereocenters. The monoisotopic (exact) mass is 380 g/mol. The van der Waals surface area contributed by atoms with Crippen molar-refractivity contribution >= 4 is 5.97 Å². The van der Waals surface area contributed by atoms with Crippen LogP contribution in [0.25, 0.3) is 11.3 Å². The Morgan fingerprint density at radius 2 is 2.00 bits per heavy atom. The van der Waals surface area contributed by atoms with Gasteiger partial charge in [0, 0.05) is 11.5 Å². The maximum atomic E-state index is 12.8. The number of aromatic nitrogens is 2. The Bertz CT molecular complexity index is 944. The number of halogens is 3. The van der Waals surface area contributed by atoms with E-state index >= 15 is 0 Å². The highest BCUT2D eigenvalue weighted by molar-refractivity contribution is 5.87. The van der Waals surface area contributed by atoms with Crippen molar-refractivity contribution in [2.24, 2.45) is 0 Å². The van der Waals surface area contributed by atoms with Crippen molar-refractivity contribution in [2.75, 3.05) is 0 Å². The molecule has 1 aromatic carbocycles. The number of ether oxygens (including phenoxy) is 1. The Balaban J connectivity index is 1.69. The molecule has 27 heavy (non-hydrogen) atoms. The van der Waals surface area contributed by atoms with Crippen molar-refractivity contribution in [1.29, 1.82) is 0 Å². The summed E-state index contributed by atoms with van der Waals surface area (Å²) < 4.78 is 53.7. The van der Waals surface area contributed by atoms with Crippen LogP contribution in [-0.2, 0) is 17.5 Å². The van der Waals surface area contributed by atoms with Gasteiger partial charge in [-0.05, 0) is 24.3 Å². The third-order valence-corrected chi connectivity index (χ3v) is 3.61. The second kappa shape index (κ2) is 7.26. The fraction of sp³-hybridized carbons (Fsp3) is 0.278. The predicted molar refractivity (Wildman–Crippen MR) is 86.7 cm³/mol. The Morgan fingerprint density at radius 1 is 1.22 bits per heavy atom. The molecule has 0 saturated carbocycles.